The van der Waals surface area contributed by atoms with E-state index in [0.717, 1.165) is 18.8 Å². The van der Waals surface area contributed by atoms with Crippen molar-refractivity contribution >= 4 is 0 Å². The van der Waals surface area contributed by atoms with E-state index in [0.29, 0.717) is 5.41 Å². The minimum Gasteiger partial charge on any atom is -0.198 e. The van der Waals surface area contributed by atoms with E-state index in [2.05, 4.69) is 99.6 Å². The van der Waals surface area contributed by atoms with Crippen LogP contribution < -0.4 is 0 Å². The van der Waals surface area contributed by atoms with Gasteiger partial charge in [0.1, 0.15) is 0 Å². The topological polar surface area (TPSA) is 23.8 Å². The lowest BCUT2D eigenvalue weighted by molar-refractivity contribution is 0.0349. The molecule has 1 aliphatic carbocycles. The molecule has 1 heteroatoms. The second-order valence-corrected chi connectivity index (χ2v) is 13.4. The molecular formula is C29H47N. The van der Waals surface area contributed by atoms with Crippen LogP contribution in [0.4, 0.5) is 0 Å². The van der Waals surface area contributed by atoms with Crippen LogP contribution in [0.2, 0.25) is 0 Å². The minimum atomic E-state index is -0.145. The zero-order valence-corrected chi connectivity index (χ0v) is 21.6. The van der Waals surface area contributed by atoms with Gasteiger partial charge in [0.05, 0.1) is 11.5 Å². The standard InChI is InChI=1S/C29H47N/c1-25(2,3)22-11-13-23(14-12-22)27(7,8)19-20-28(9,10)24-15-17-29(21-30,18-16-24)26(4,5)6/h11-14,24H,15-20H2,1-10H3. The molecule has 0 aromatic heterocycles. The zero-order chi connectivity index (χ0) is 23.0. The summed E-state index contributed by atoms with van der Waals surface area (Å²) < 4.78 is 0. The number of nitrogens with zero attached hydrogens (tertiary/aromatic N) is 1. The Kier molecular flexibility index (Phi) is 6.94. The summed E-state index contributed by atoms with van der Waals surface area (Å²) in [5.74, 6) is 0.723. The quantitative estimate of drug-likeness (QED) is 0.476. The SMILES string of the molecule is CC(C)(C)c1ccc(C(C)(C)CCC(C)(C)C2CCC(C#N)(C(C)(C)C)CC2)cc1. The van der Waals surface area contributed by atoms with Crippen LogP contribution in [0.1, 0.15) is 119 Å². The molecule has 30 heavy (non-hydrogen) atoms. The molecule has 2 rings (SSSR count). The first-order chi connectivity index (χ1) is 13.5. The molecule has 0 N–H and O–H groups in total. The Morgan fingerprint density at radius 2 is 1.27 bits per heavy atom. The van der Waals surface area contributed by atoms with Gasteiger partial charge in [0.2, 0.25) is 0 Å². The predicted molar refractivity (Wildman–Crippen MR) is 131 cm³/mol. The van der Waals surface area contributed by atoms with Gasteiger partial charge < -0.3 is 0 Å². The highest BCUT2D eigenvalue weighted by atomic mass is 14.5. The smallest absolute Gasteiger partial charge is 0.0695 e. The van der Waals surface area contributed by atoms with E-state index in [1.165, 1.54) is 36.8 Å². The van der Waals surface area contributed by atoms with Gasteiger partial charge in [-0.2, -0.15) is 5.26 Å². The van der Waals surface area contributed by atoms with Crippen LogP contribution >= 0.6 is 0 Å². The molecule has 0 spiro atoms. The Bertz CT molecular complexity index is 736. The summed E-state index contributed by atoms with van der Waals surface area (Å²) in [4.78, 5) is 0. The van der Waals surface area contributed by atoms with Crippen molar-refractivity contribution in [3.05, 3.63) is 35.4 Å². The van der Waals surface area contributed by atoms with E-state index < -0.39 is 0 Å². The lowest BCUT2D eigenvalue weighted by Gasteiger charge is -2.48. The molecule has 1 saturated carbocycles. The van der Waals surface area contributed by atoms with E-state index in [1.54, 1.807) is 0 Å². The summed E-state index contributed by atoms with van der Waals surface area (Å²) in [5, 5.41) is 9.92. The van der Waals surface area contributed by atoms with Crippen molar-refractivity contribution in [1.29, 1.82) is 5.26 Å². The van der Waals surface area contributed by atoms with Gasteiger partial charge in [-0.15, -0.1) is 0 Å². The summed E-state index contributed by atoms with van der Waals surface area (Å²) in [7, 11) is 0. The fourth-order valence-corrected chi connectivity index (χ4v) is 5.33. The van der Waals surface area contributed by atoms with Crippen LogP contribution in [0.3, 0.4) is 0 Å². The van der Waals surface area contributed by atoms with Gasteiger partial charge in [-0.05, 0) is 77.2 Å². The summed E-state index contributed by atoms with van der Waals surface area (Å²) in [5.41, 5.74) is 3.49. The summed E-state index contributed by atoms with van der Waals surface area (Å²) in [6.07, 6.45) is 6.93. The number of hydrogen-bond donors (Lipinski definition) is 0. The maximum absolute atomic E-state index is 9.92. The van der Waals surface area contributed by atoms with Crippen LogP contribution in [-0.2, 0) is 10.8 Å². The molecule has 0 amide bonds. The fourth-order valence-electron chi connectivity index (χ4n) is 5.33. The third-order valence-electron chi connectivity index (χ3n) is 8.52. The van der Waals surface area contributed by atoms with Crippen molar-refractivity contribution in [2.75, 3.05) is 0 Å². The van der Waals surface area contributed by atoms with Crippen molar-refractivity contribution in [2.24, 2.45) is 22.2 Å². The lowest BCUT2D eigenvalue weighted by Crippen LogP contribution is -2.41. The average Bonchev–Trinajstić information content (AvgIpc) is 2.65. The van der Waals surface area contributed by atoms with E-state index in [9.17, 15) is 5.26 Å². The van der Waals surface area contributed by atoms with Crippen molar-refractivity contribution < 1.29 is 0 Å². The van der Waals surface area contributed by atoms with Crippen LogP contribution in [0, 0.1) is 33.5 Å². The van der Waals surface area contributed by atoms with Gasteiger partial charge in [0.15, 0.2) is 0 Å². The maximum atomic E-state index is 9.92. The monoisotopic (exact) mass is 409 g/mol. The minimum absolute atomic E-state index is 0.0675. The average molecular weight is 410 g/mol. The molecule has 0 heterocycles. The molecule has 0 radical (unpaired) electrons. The highest BCUT2D eigenvalue weighted by Gasteiger charge is 2.47. The van der Waals surface area contributed by atoms with E-state index in [-0.39, 0.29) is 21.7 Å². The molecule has 1 fully saturated rings. The van der Waals surface area contributed by atoms with Crippen LogP contribution in [0.15, 0.2) is 24.3 Å². The normalized spacial score (nSPS) is 23.8. The first-order valence-corrected chi connectivity index (χ1v) is 12.1. The number of nitriles is 1. The highest BCUT2D eigenvalue weighted by Crippen LogP contribution is 2.54. The maximum Gasteiger partial charge on any atom is 0.0695 e. The summed E-state index contributed by atoms with van der Waals surface area (Å²) in [6.45, 7) is 23.3. The molecule has 0 saturated heterocycles. The van der Waals surface area contributed by atoms with E-state index in [4.69, 9.17) is 0 Å². The van der Waals surface area contributed by atoms with Gasteiger partial charge in [-0.3, -0.25) is 0 Å². The Labute approximate surface area is 187 Å². The first kappa shape index (κ1) is 25.0. The fraction of sp³-hybridized carbons (Fsp3) is 0.759. The summed E-state index contributed by atoms with van der Waals surface area (Å²) >= 11 is 0. The zero-order valence-electron chi connectivity index (χ0n) is 21.6. The second kappa shape index (κ2) is 8.33. The number of rotatable bonds is 5. The Morgan fingerprint density at radius 1 is 0.800 bits per heavy atom. The molecule has 1 aliphatic rings. The number of benzene rings is 1. The van der Waals surface area contributed by atoms with Crippen LogP contribution in [0.5, 0.6) is 0 Å². The molecule has 0 unspecified atom stereocenters. The third-order valence-corrected chi connectivity index (χ3v) is 8.52. The van der Waals surface area contributed by atoms with Gasteiger partial charge >= 0.3 is 0 Å². The molecule has 168 valence electrons. The van der Waals surface area contributed by atoms with Crippen molar-refractivity contribution in [1.82, 2.24) is 0 Å². The predicted octanol–water partition coefficient (Wildman–Crippen LogP) is 8.81. The molecule has 1 aromatic carbocycles. The Morgan fingerprint density at radius 3 is 1.67 bits per heavy atom. The summed E-state index contributed by atoms with van der Waals surface area (Å²) in [6, 6.07) is 12.0. The van der Waals surface area contributed by atoms with Crippen molar-refractivity contribution in [3.63, 3.8) is 0 Å². The van der Waals surface area contributed by atoms with Crippen molar-refractivity contribution in [3.8, 4) is 6.07 Å². The molecule has 0 atom stereocenters. The van der Waals surface area contributed by atoms with Crippen LogP contribution in [-0.4, -0.2) is 0 Å². The molecule has 1 nitrogen and oxygen atoms in total. The molecule has 0 aliphatic heterocycles. The van der Waals surface area contributed by atoms with Gasteiger partial charge in [-0.1, -0.05) is 93.5 Å². The van der Waals surface area contributed by atoms with Crippen molar-refractivity contribution in [2.45, 2.75) is 119 Å². The third kappa shape index (κ3) is 5.30. The molecular weight excluding hydrogens is 362 g/mol. The Balaban J connectivity index is 2.03. The lowest BCUT2D eigenvalue weighted by atomic mass is 9.55. The molecule has 1 aromatic rings. The number of hydrogen-bond acceptors (Lipinski definition) is 1. The highest BCUT2D eigenvalue weighted by molar-refractivity contribution is 5.31. The van der Waals surface area contributed by atoms with Gasteiger partial charge in [0, 0.05) is 0 Å². The van der Waals surface area contributed by atoms with E-state index in [1.807, 2.05) is 0 Å². The van der Waals surface area contributed by atoms with Crippen LogP contribution in [0.25, 0.3) is 0 Å². The second-order valence-electron chi connectivity index (χ2n) is 13.4. The molecule has 0 bridgehead atoms. The Hall–Kier alpha value is -1.29. The first-order valence-electron chi connectivity index (χ1n) is 12.1. The van der Waals surface area contributed by atoms with E-state index >= 15 is 0 Å². The van der Waals surface area contributed by atoms with Gasteiger partial charge in [-0.25, -0.2) is 0 Å². The van der Waals surface area contributed by atoms with Gasteiger partial charge in [0.25, 0.3) is 0 Å². The largest absolute Gasteiger partial charge is 0.198 e.